The molecule has 2 unspecified atom stereocenters. The molecule has 1 aromatic heterocycles. The first-order chi connectivity index (χ1) is 7.68. The van der Waals surface area contributed by atoms with Crippen LogP contribution in [0.15, 0.2) is 18.7 Å². The molecule has 2 atom stereocenters. The second-order valence-corrected chi connectivity index (χ2v) is 4.33. The van der Waals surface area contributed by atoms with Crippen LogP contribution in [-0.4, -0.2) is 40.9 Å². The zero-order chi connectivity index (χ0) is 11.4. The predicted molar refractivity (Wildman–Crippen MR) is 58.8 cm³/mol. The van der Waals surface area contributed by atoms with Gasteiger partial charge in [0.1, 0.15) is 6.33 Å². The van der Waals surface area contributed by atoms with Crippen molar-refractivity contribution in [2.75, 3.05) is 19.8 Å². The molecule has 1 saturated heterocycles. The Kier molecular flexibility index (Phi) is 3.48. The predicted octanol–water partition coefficient (Wildman–Crippen LogP) is 0.0626. The van der Waals surface area contributed by atoms with E-state index >= 15 is 0 Å². The molecule has 5 heteroatoms. The molecule has 16 heavy (non-hydrogen) atoms. The SMILES string of the molecule is CC(O)(CC1COCCN1)c1cncnc1. The van der Waals surface area contributed by atoms with Crippen LogP contribution in [0.3, 0.4) is 0 Å². The van der Waals surface area contributed by atoms with Gasteiger partial charge in [-0.15, -0.1) is 0 Å². The Balaban J connectivity index is 2.01. The number of aliphatic hydroxyl groups is 1. The summed E-state index contributed by atoms with van der Waals surface area (Å²) in [5.41, 5.74) is -0.179. The normalized spacial score (nSPS) is 25.0. The van der Waals surface area contributed by atoms with Crippen molar-refractivity contribution in [3.05, 3.63) is 24.3 Å². The van der Waals surface area contributed by atoms with Gasteiger partial charge in [0, 0.05) is 30.5 Å². The van der Waals surface area contributed by atoms with Crippen LogP contribution in [-0.2, 0) is 10.3 Å². The number of hydrogen-bond acceptors (Lipinski definition) is 5. The Morgan fingerprint density at radius 2 is 2.31 bits per heavy atom. The molecule has 2 N–H and O–H groups in total. The van der Waals surface area contributed by atoms with Crippen molar-refractivity contribution in [1.29, 1.82) is 0 Å². The van der Waals surface area contributed by atoms with Gasteiger partial charge >= 0.3 is 0 Å². The smallest absolute Gasteiger partial charge is 0.115 e. The maximum Gasteiger partial charge on any atom is 0.115 e. The van der Waals surface area contributed by atoms with Crippen molar-refractivity contribution in [3.8, 4) is 0 Å². The lowest BCUT2D eigenvalue weighted by Gasteiger charge is -2.31. The van der Waals surface area contributed by atoms with Crippen molar-refractivity contribution in [3.63, 3.8) is 0 Å². The molecule has 88 valence electrons. The third-order valence-corrected chi connectivity index (χ3v) is 2.82. The number of rotatable bonds is 3. The Bertz CT molecular complexity index is 323. The van der Waals surface area contributed by atoms with Crippen molar-refractivity contribution in [1.82, 2.24) is 15.3 Å². The first-order valence-corrected chi connectivity index (χ1v) is 5.47. The fraction of sp³-hybridized carbons (Fsp3) is 0.636. The zero-order valence-corrected chi connectivity index (χ0v) is 9.39. The molecule has 1 aromatic rings. The highest BCUT2D eigenvalue weighted by Gasteiger charge is 2.28. The van der Waals surface area contributed by atoms with Gasteiger partial charge in [0.05, 0.1) is 18.8 Å². The third kappa shape index (κ3) is 2.75. The molecule has 0 amide bonds. The minimum Gasteiger partial charge on any atom is -0.385 e. The molecule has 0 aliphatic carbocycles. The molecule has 1 fully saturated rings. The summed E-state index contributed by atoms with van der Waals surface area (Å²) < 4.78 is 5.36. The number of aromatic nitrogens is 2. The van der Waals surface area contributed by atoms with Gasteiger partial charge in [-0.25, -0.2) is 9.97 Å². The molecule has 0 spiro atoms. The first kappa shape index (κ1) is 11.4. The van der Waals surface area contributed by atoms with Crippen LogP contribution in [0.1, 0.15) is 18.9 Å². The van der Waals surface area contributed by atoms with Crippen LogP contribution in [0, 0.1) is 0 Å². The van der Waals surface area contributed by atoms with E-state index in [0.717, 1.165) is 18.7 Å². The maximum absolute atomic E-state index is 10.4. The van der Waals surface area contributed by atoms with E-state index in [1.807, 2.05) is 0 Å². The van der Waals surface area contributed by atoms with E-state index in [-0.39, 0.29) is 6.04 Å². The average Bonchev–Trinajstić information content (AvgIpc) is 2.31. The topological polar surface area (TPSA) is 67.3 Å². The Hall–Kier alpha value is -1.04. The highest BCUT2D eigenvalue weighted by molar-refractivity contribution is 5.13. The van der Waals surface area contributed by atoms with E-state index in [0.29, 0.717) is 13.0 Å². The quantitative estimate of drug-likeness (QED) is 0.758. The number of nitrogens with one attached hydrogen (secondary N) is 1. The minimum atomic E-state index is -0.917. The molecule has 0 saturated carbocycles. The van der Waals surface area contributed by atoms with Gasteiger partial charge in [-0.2, -0.15) is 0 Å². The van der Waals surface area contributed by atoms with Crippen molar-refractivity contribution in [2.24, 2.45) is 0 Å². The number of ether oxygens (including phenoxy) is 1. The molecule has 1 aliphatic heterocycles. The molecule has 2 heterocycles. The summed E-state index contributed by atoms with van der Waals surface area (Å²) in [5, 5.41) is 13.7. The number of morpholine rings is 1. The first-order valence-electron chi connectivity index (χ1n) is 5.47. The van der Waals surface area contributed by atoms with Gasteiger partial charge in [-0.3, -0.25) is 0 Å². The lowest BCUT2D eigenvalue weighted by atomic mass is 9.91. The number of nitrogens with zero attached hydrogens (tertiary/aromatic N) is 2. The van der Waals surface area contributed by atoms with Crippen LogP contribution in [0.4, 0.5) is 0 Å². The molecule has 0 aromatic carbocycles. The zero-order valence-electron chi connectivity index (χ0n) is 9.39. The molecule has 5 nitrogen and oxygen atoms in total. The lowest BCUT2D eigenvalue weighted by molar-refractivity contribution is 0.00280. The highest BCUT2D eigenvalue weighted by atomic mass is 16.5. The summed E-state index contributed by atoms with van der Waals surface area (Å²) in [6.07, 6.45) is 5.36. The summed E-state index contributed by atoms with van der Waals surface area (Å²) in [5.74, 6) is 0. The van der Waals surface area contributed by atoms with E-state index in [2.05, 4.69) is 15.3 Å². The van der Waals surface area contributed by atoms with Crippen molar-refractivity contribution >= 4 is 0 Å². The fourth-order valence-corrected chi connectivity index (χ4v) is 1.93. The van der Waals surface area contributed by atoms with E-state index in [1.54, 1.807) is 19.3 Å². The second kappa shape index (κ2) is 4.86. The highest BCUT2D eigenvalue weighted by Crippen LogP contribution is 2.25. The summed E-state index contributed by atoms with van der Waals surface area (Å²) in [7, 11) is 0. The van der Waals surface area contributed by atoms with Crippen LogP contribution in [0.25, 0.3) is 0 Å². The largest absolute Gasteiger partial charge is 0.385 e. The summed E-state index contributed by atoms with van der Waals surface area (Å²) in [6, 6.07) is 0.184. The monoisotopic (exact) mass is 223 g/mol. The standard InChI is InChI=1S/C11H17N3O2/c1-11(15,9-5-12-8-13-6-9)4-10-7-16-3-2-14-10/h5-6,8,10,14-15H,2-4,7H2,1H3. The van der Waals surface area contributed by atoms with Gasteiger partial charge in [-0.05, 0) is 13.3 Å². The Labute approximate surface area is 94.9 Å². The molecule has 0 radical (unpaired) electrons. The average molecular weight is 223 g/mol. The molecule has 2 rings (SSSR count). The minimum absolute atomic E-state index is 0.184. The fourth-order valence-electron chi connectivity index (χ4n) is 1.93. The van der Waals surface area contributed by atoms with Gasteiger partial charge < -0.3 is 15.2 Å². The van der Waals surface area contributed by atoms with Gasteiger partial charge in [0.15, 0.2) is 0 Å². The van der Waals surface area contributed by atoms with Crippen LogP contribution >= 0.6 is 0 Å². The molecule has 0 bridgehead atoms. The molecular weight excluding hydrogens is 206 g/mol. The summed E-state index contributed by atoms with van der Waals surface area (Å²) in [6.45, 7) is 4.00. The Morgan fingerprint density at radius 3 is 2.94 bits per heavy atom. The van der Waals surface area contributed by atoms with Gasteiger partial charge in [0.2, 0.25) is 0 Å². The van der Waals surface area contributed by atoms with Crippen molar-refractivity contribution in [2.45, 2.75) is 25.0 Å². The van der Waals surface area contributed by atoms with E-state index in [1.165, 1.54) is 6.33 Å². The van der Waals surface area contributed by atoms with Crippen molar-refractivity contribution < 1.29 is 9.84 Å². The van der Waals surface area contributed by atoms with E-state index in [4.69, 9.17) is 4.74 Å². The summed E-state index contributed by atoms with van der Waals surface area (Å²) >= 11 is 0. The van der Waals surface area contributed by atoms with Crippen LogP contribution < -0.4 is 5.32 Å². The van der Waals surface area contributed by atoms with Gasteiger partial charge in [0.25, 0.3) is 0 Å². The number of hydrogen-bond donors (Lipinski definition) is 2. The van der Waals surface area contributed by atoms with Crippen LogP contribution in [0.2, 0.25) is 0 Å². The van der Waals surface area contributed by atoms with Gasteiger partial charge in [-0.1, -0.05) is 0 Å². The lowest BCUT2D eigenvalue weighted by Crippen LogP contribution is -2.45. The third-order valence-electron chi connectivity index (χ3n) is 2.82. The maximum atomic E-state index is 10.4. The molecule has 1 aliphatic rings. The van der Waals surface area contributed by atoms with E-state index in [9.17, 15) is 5.11 Å². The second-order valence-electron chi connectivity index (χ2n) is 4.33. The Morgan fingerprint density at radius 1 is 1.56 bits per heavy atom. The van der Waals surface area contributed by atoms with Crippen LogP contribution in [0.5, 0.6) is 0 Å². The summed E-state index contributed by atoms with van der Waals surface area (Å²) in [4.78, 5) is 7.84. The molecular formula is C11H17N3O2. The van der Waals surface area contributed by atoms with E-state index < -0.39 is 5.60 Å².